The smallest absolute Gasteiger partial charge is 0.127 e. The van der Waals surface area contributed by atoms with E-state index >= 15 is 0 Å². The first-order valence-electron chi connectivity index (χ1n) is 5.79. The van der Waals surface area contributed by atoms with Crippen molar-refractivity contribution in [3.8, 4) is 0 Å². The van der Waals surface area contributed by atoms with E-state index in [-0.39, 0.29) is 5.82 Å². The highest BCUT2D eigenvalue weighted by Crippen LogP contribution is 2.14. The minimum Gasteiger partial charge on any atom is -0.312 e. The number of hydrogen-bond acceptors (Lipinski definition) is 2. The first kappa shape index (κ1) is 13.0. The minimum atomic E-state index is -0.228. The molecular weight excluding hydrogens is 251 g/mol. The van der Waals surface area contributed by atoms with E-state index in [1.54, 1.807) is 18.3 Å². The lowest BCUT2D eigenvalue weighted by Crippen LogP contribution is -2.17. The van der Waals surface area contributed by atoms with Gasteiger partial charge in [0.05, 0.1) is 0 Å². The number of rotatable bonds is 5. The van der Waals surface area contributed by atoms with Crippen LogP contribution in [0.3, 0.4) is 0 Å². The van der Waals surface area contributed by atoms with Crippen molar-refractivity contribution < 1.29 is 4.39 Å². The highest BCUT2D eigenvalue weighted by molar-refractivity contribution is 6.30. The van der Waals surface area contributed by atoms with Crippen molar-refractivity contribution in [1.82, 2.24) is 10.3 Å². The number of nitrogens with zero attached hydrogens (tertiary/aromatic N) is 1. The molecule has 1 aromatic carbocycles. The van der Waals surface area contributed by atoms with Gasteiger partial charge in [-0.1, -0.05) is 17.7 Å². The molecule has 0 saturated heterocycles. The Bertz CT molecular complexity index is 502. The normalized spacial score (nSPS) is 10.6. The largest absolute Gasteiger partial charge is 0.312 e. The summed E-state index contributed by atoms with van der Waals surface area (Å²) in [7, 11) is 0. The van der Waals surface area contributed by atoms with Crippen LogP contribution in [0.1, 0.15) is 11.1 Å². The van der Waals surface area contributed by atoms with Crippen LogP contribution in [0.15, 0.2) is 42.7 Å². The lowest BCUT2D eigenvalue weighted by Gasteiger charge is -2.06. The molecule has 0 atom stereocenters. The van der Waals surface area contributed by atoms with Gasteiger partial charge in [0.15, 0.2) is 0 Å². The minimum absolute atomic E-state index is 0.228. The monoisotopic (exact) mass is 264 g/mol. The molecule has 0 spiro atoms. The summed E-state index contributed by atoms with van der Waals surface area (Å²) in [6.45, 7) is 1.25. The van der Waals surface area contributed by atoms with Gasteiger partial charge in [0.1, 0.15) is 5.82 Å². The standard InChI is InChI=1S/C14H14ClFN2/c15-13-3-4-14(16)12(8-13)10-18-7-5-11-2-1-6-17-9-11/h1-4,6,8-9,18H,5,7,10H2. The van der Waals surface area contributed by atoms with E-state index in [1.165, 1.54) is 6.07 Å². The molecule has 0 aliphatic rings. The third kappa shape index (κ3) is 3.79. The number of halogens is 2. The van der Waals surface area contributed by atoms with Crippen LogP contribution in [0.4, 0.5) is 4.39 Å². The van der Waals surface area contributed by atoms with Gasteiger partial charge in [-0.3, -0.25) is 4.98 Å². The van der Waals surface area contributed by atoms with Crippen LogP contribution in [-0.2, 0) is 13.0 Å². The summed E-state index contributed by atoms with van der Waals surface area (Å²) in [6.07, 6.45) is 4.45. The topological polar surface area (TPSA) is 24.9 Å². The highest BCUT2D eigenvalue weighted by atomic mass is 35.5. The Morgan fingerprint density at radius 3 is 2.94 bits per heavy atom. The summed E-state index contributed by atoms with van der Waals surface area (Å²) < 4.78 is 13.4. The SMILES string of the molecule is Fc1ccc(Cl)cc1CNCCc1cccnc1. The van der Waals surface area contributed by atoms with Gasteiger partial charge in [-0.15, -0.1) is 0 Å². The molecule has 1 N–H and O–H groups in total. The average molecular weight is 265 g/mol. The Kier molecular flexibility index (Phi) is 4.67. The number of aromatic nitrogens is 1. The fourth-order valence-corrected chi connectivity index (χ4v) is 1.88. The van der Waals surface area contributed by atoms with Crippen LogP contribution in [0.2, 0.25) is 5.02 Å². The zero-order valence-corrected chi connectivity index (χ0v) is 10.6. The lowest BCUT2D eigenvalue weighted by atomic mass is 10.2. The summed E-state index contributed by atoms with van der Waals surface area (Å²) in [5.74, 6) is -0.228. The van der Waals surface area contributed by atoms with Gasteiger partial charge in [-0.05, 0) is 42.8 Å². The molecule has 0 radical (unpaired) electrons. The number of hydrogen-bond donors (Lipinski definition) is 1. The van der Waals surface area contributed by atoms with Crippen molar-refractivity contribution in [1.29, 1.82) is 0 Å². The average Bonchev–Trinajstić information content (AvgIpc) is 2.40. The van der Waals surface area contributed by atoms with Crippen LogP contribution < -0.4 is 5.32 Å². The number of benzene rings is 1. The van der Waals surface area contributed by atoms with Crippen LogP contribution in [-0.4, -0.2) is 11.5 Å². The molecule has 1 heterocycles. The first-order valence-corrected chi connectivity index (χ1v) is 6.17. The van der Waals surface area contributed by atoms with Crippen LogP contribution >= 0.6 is 11.6 Å². The second-order valence-corrected chi connectivity index (χ2v) is 4.46. The Morgan fingerprint density at radius 1 is 1.28 bits per heavy atom. The van der Waals surface area contributed by atoms with Gasteiger partial charge in [-0.2, -0.15) is 0 Å². The van der Waals surface area contributed by atoms with Crippen molar-refractivity contribution >= 4 is 11.6 Å². The molecule has 94 valence electrons. The first-order chi connectivity index (χ1) is 8.75. The maximum absolute atomic E-state index is 13.4. The van der Waals surface area contributed by atoms with Gasteiger partial charge in [0, 0.05) is 29.5 Å². The molecule has 2 rings (SSSR count). The third-order valence-corrected chi connectivity index (χ3v) is 2.87. The van der Waals surface area contributed by atoms with E-state index in [9.17, 15) is 4.39 Å². The van der Waals surface area contributed by atoms with Crippen LogP contribution in [0, 0.1) is 5.82 Å². The second kappa shape index (κ2) is 6.47. The molecule has 0 fully saturated rings. The summed E-state index contributed by atoms with van der Waals surface area (Å²) in [6, 6.07) is 8.52. The van der Waals surface area contributed by atoms with E-state index in [0.717, 1.165) is 18.5 Å². The van der Waals surface area contributed by atoms with Gasteiger partial charge >= 0.3 is 0 Å². The van der Waals surface area contributed by atoms with Gasteiger partial charge in [0.2, 0.25) is 0 Å². The van der Waals surface area contributed by atoms with Gasteiger partial charge in [0.25, 0.3) is 0 Å². The van der Waals surface area contributed by atoms with Crippen molar-refractivity contribution in [3.05, 3.63) is 64.7 Å². The van der Waals surface area contributed by atoms with Crippen molar-refractivity contribution in [2.24, 2.45) is 0 Å². The fraction of sp³-hybridized carbons (Fsp3) is 0.214. The Hall–Kier alpha value is -1.45. The van der Waals surface area contributed by atoms with E-state index < -0.39 is 0 Å². The molecule has 2 nitrogen and oxygen atoms in total. The van der Waals surface area contributed by atoms with E-state index in [4.69, 9.17) is 11.6 Å². The molecule has 0 saturated carbocycles. The van der Waals surface area contributed by atoms with Crippen molar-refractivity contribution in [2.75, 3.05) is 6.54 Å². The summed E-state index contributed by atoms with van der Waals surface area (Å²) in [4.78, 5) is 4.04. The molecule has 4 heteroatoms. The maximum atomic E-state index is 13.4. The lowest BCUT2D eigenvalue weighted by molar-refractivity contribution is 0.588. The zero-order valence-electron chi connectivity index (χ0n) is 9.87. The van der Waals surface area contributed by atoms with E-state index in [2.05, 4.69) is 10.3 Å². The number of pyridine rings is 1. The molecular formula is C14H14ClFN2. The number of nitrogens with one attached hydrogen (secondary N) is 1. The Morgan fingerprint density at radius 2 is 2.17 bits per heavy atom. The van der Waals surface area contributed by atoms with Crippen LogP contribution in [0.5, 0.6) is 0 Å². The predicted molar refractivity (Wildman–Crippen MR) is 71.1 cm³/mol. The Labute approximate surface area is 111 Å². The molecule has 2 aromatic rings. The molecule has 0 unspecified atom stereocenters. The summed E-state index contributed by atoms with van der Waals surface area (Å²) in [5.41, 5.74) is 1.75. The molecule has 1 aromatic heterocycles. The third-order valence-electron chi connectivity index (χ3n) is 2.64. The summed E-state index contributed by atoms with van der Waals surface area (Å²) >= 11 is 5.82. The van der Waals surface area contributed by atoms with E-state index in [0.29, 0.717) is 17.1 Å². The van der Waals surface area contributed by atoms with Gasteiger partial charge in [-0.25, -0.2) is 4.39 Å². The molecule has 0 bridgehead atoms. The Balaban J connectivity index is 1.80. The van der Waals surface area contributed by atoms with Gasteiger partial charge < -0.3 is 5.32 Å². The predicted octanol–water partition coefficient (Wildman–Crippen LogP) is 3.21. The van der Waals surface area contributed by atoms with E-state index in [1.807, 2.05) is 18.3 Å². The zero-order chi connectivity index (χ0) is 12.8. The molecule has 0 amide bonds. The van der Waals surface area contributed by atoms with Crippen molar-refractivity contribution in [2.45, 2.75) is 13.0 Å². The maximum Gasteiger partial charge on any atom is 0.127 e. The second-order valence-electron chi connectivity index (χ2n) is 4.02. The summed E-state index contributed by atoms with van der Waals surface area (Å²) in [5, 5.41) is 3.75. The fourth-order valence-electron chi connectivity index (χ4n) is 1.68. The quantitative estimate of drug-likeness (QED) is 0.839. The van der Waals surface area contributed by atoms with Crippen molar-refractivity contribution in [3.63, 3.8) is 0 Å². The molecule has 18 heavy (non-hydrogen) atoms. The molecule has 0 aliphatic heterocycles. The van der Waals surface area contributed by atoms with Crippen LogP contribution in [0.25, 0.3) is 0 Å². The molecule has 0 aliphatic carbocycles. The highest BCUT2D eigenvalue weighted by Gasteiger charge is 2.02.